The second-order valence-electron chi connectivity index (χ2n) is 2.98. The highest BCUT2D eigenvalue weighted by atomic mass is 19.1. The minimum absolute atomic E-state index is 0.253. The van der Waals surface area contributed by atoms with E-state index in [4.69, 9.17) is 0 Å². The average Bonchev–Trinajstić information content (AvgIpc) is 2.14. The van der Waals surface area contributed by atoms with E-state index in [1.165, 1.54) is 0 Å². The quantitative estimate of drug-likeness (QED) is 0.785. The average molecular weight is 229 g/mol. The highest BCUT2D eigenvalue weighted by molar-refractivity contribution is 6.00. The fourth-order valence-electron chi connectivity index (χ4n) is 1.17. The molecule has 0 aliphatic heterocycles. The molecule has 1 aromatic rings. The first-order chi connectivity index (χ1) is 7.45. The monoisotopic (exact) mass is 229 g/mol. The van der Waals surface area contributed by atoms with E-state index in [1.54, 1.807) is 0 Å². The van der Waals surface area contributed by atoms with E-state index in [0.29, 0.717) is 6.07 Å². The molecule has 0 heterocycles. The third-order valence-corrected chi connectivity index (χ3v) is 1.76. The number of methoxy groups -OCH3 is 1. The Balaban J connectivity index is 3.31. The number of nitrogens with one attached hydrogen (secondary N) is 1. The van der Waals surface area contributed by atoms with Crippen molar-refractivity contribution in [1.29, 1.82) is 0 Å². The molecule has 0 radical (unpaired) electrons. The van der Waals surface area contributed by atoms with Crippen LogP contribution in [0.4, 0.5) is 14.5 Å². The first-order valence-corrected chi connectivity index (χ1v) is 4.30. The first-order valence-electron chi connectivity index (χ1n) is 4.30. The van der Waals surface area contributed by atoms with Gasteiger partial charge in [-0.15, -0.1) is 0 Å². The molecule has 0 fully saturated rings. The van der Waals surface area contributed by atoms with Crippen LogP contribution in [0, 0.1) is 11.6 Å². The topological polar surface area (TPSA) is 55.4 Å². The Morgan fingerprint density at radius 3 is 2.44 bits per heavy atom. The maximum absolute atomic E-state index is 13.3. The van der Waals surface area contributed by atoms with Crippen molar-refractivity contribution in [3.8, 4) is 0 Å². The molecule has 1 aromatic carbocycles. The summed E-state index contributed by atoms with van der Waals surface area (Å²) in [5.41, 5.74) is -0.754. The van der Waals surface area contributed by atoms with Crippen molar-refractivity contribution < 1.29 is 23.1 Å². The summed E-state index contributed by atoms with van der Waals surface area (Å²) in [6, 6.07) is 1.38. The number of benzene rings is 1. The minimum atomic E-state index is -1.09. The first kappa shape index (κ1) is 12.1. The number of rotatable bonds is 2. The molecule has 4 nitrogen and oxygen atoms in total. The molecule has 0 aliphatic carbocycles. The van der Waals surface area contributed by atoms with E-state index in [0.717, 1.165) is 20.1 Å². The lowest BCUT2D eigenvalue weighted by Crippen LogP contribution is -2.14. The van der Waals surface area contributed by atoms with Gasteiger partial charge in [0.2, 0.25) is 5.91 Å². The van der Waals surface area contributed by atoms with Crippen molar-refractivity contribution in [2.75, 3.05) is 12.4 Å². The Morgan fingerprint density at radius 2 is 1.94 bits per heavy atom. The molecule has 1 amide bonds. The third-order valence-electron chi connectivity index (χ3n) is 1.76. The standard InChI is InChI=1S/C10H9F2NO3/c1-5(14)13-8-4-6(11)3-7(12)9(8)10(15)16-2/h3-4H,1-2H3,(H,13,14). The van der Waals surface area contributed by atoms with Gasteiger partial charge < -0.3 is 10.1 Å². The van der Waals surface area contributed by atoms with E-state index in [-0.39, 0.29) is 5.69 Å². The van der Waals surface area contributed by atoms with Gasteiger partial charge in [-0.2, -0.15) is 0 Å². The zero-order chi connectivity index (χ0) is 12.3. The maximum Gasteiger partial charge on any atom is 0.342 e. The predicted octanol–water partition coefficient (Wildman–Crippen LogP) is 1.71. The van der Waals surface area contributed by atoms with Gasteiger partial charge in [0.15, 0.2) is 0 Å². The van der Waals surface area contributed by atoms with Crippen LogP contribution in [-0.4, -0.2) is 19.0 Å². The molecule has 1 rings (SSSR count). The van der Waals surface area contributed by atoms with Crippen LogP contribution in [0.1, 0.15) is 17.3 Å². The van der Waals surface area contributed by atoms with Crippen molar-refractivity contribution in [2.24, 2.45) is 0 Å². The van der Waals surface area contributed by atoms with E-state index in [9.17, 15) is 18.4 Å². The van der Waals surface area contributed by atoms with Gasteiger partial charge in [0.25, 0.3) is 0 Å². The summed E-state index contributed by atoms with van der Waals surface area (Å²) in [7, 11) is 1.06. The molecular formula is C10H9F2NO3. The summed E-state index contributed by atoms with van der Waals surface area (Å²) in [6.07, 6.45) is 0. The Kier molecular flexibility index (Phi) is 3.55. The number of carbonyl (C=O) groups excluding carboxylic acids is 2. The summed E-state index contributed by atoms with van der Waals surface area (Å²) >= 11 is 0. The molecule has 16 heavy (non-hydrogen) atoms. The highest BCUT2D eigenvalue weighted by Gasteiger charge is 2.19. The van der Waals surface area contributed by atoms with Gasteiger partial charge in [0.05, 0.1) is 12.8 Å². The molecule has 0 saturated carbocycles. The number of hydrogen-bond acceptors (Lipinski definition) is 3. The smallest absolute Gasteiger partial charge is 0.342 e. The number of ether oxygens (including phenoxy) is 1. The minimum Gasteiger partial charge on any atom is -0.465 e. The zero-order valence-corrected chi connectivity index (χ0v) is 8.64. The normalized spacial score (nSPS) is 9.75. The molecule has 0 saturated heterocycles. The number of esters is 1. The second-order valence-corrected chi connectivity index (χ2v) is 2.98. The summed E-state index contributed by atoms with van der Waals surface area (Å²) in [5.74, 6) is -3.51. The molecule has 0 atom stereocenters. The lowest BCUT2D eigenvalue weighted by molar-refractivity contribution is -0.114. The largest absolute Gasteiger partial charge is 0.465 e. The van der Waals surface area contributed by atoms with E-state index in [1.807, 2.05) is 0 Å². The van der Waals surface area contributed by atoms with Crippen LogP contribution in [0.3, 0.4) is 0 Å². The fraction of sp³-hybridized carbons (Fsp3) is 0.200. The van der Waals surface area contributed by atoms with Gasteiger partial charge in [-0.1, -0.05) is 0 Å². The van der Waals surface area contributed by atoms with Crippen LogP contribution in [0.15, 0.2) is 12.1 Å². The summed E-state index contributed by atoms with van der Waals surface area (Å²) in [6.45, 7) is 1.16. The van der Waals surface area contributed by atoms with E-state index in [2.05, 4.69) is 10.1 Å². The van der Waals surface area contributed by atoms with Crippen LogP contribution in [0.2, 0.25) is 0 Å². The number of amides is 1. The van der Waals surface area contributed by atoms with Crippen molar-refractivity contribution >= 4 is 17.6 Å². The fourth-order valence-corrected chi connectivity index (χ4v) is 1.17. The second kappa shape index (κ2) is 4.69. The SMILES string of the molecule is COC(=O)c1c(F)cc(F)cc1NC(C)=O. The summed E-state index contributed by atoms with van der Waals surface area (Å²) in [4.78, 5) is 22.0. The van der Waals surface area contributed by atoms with Crippen molar-refractivity contribution in [3.05, 3.63) is 29.3 Å². The van der Waals surface area contributed by atoms with Crippen molar-refractivity contribution in [2.45, 2.75) is 6.92 Å². The molecule has 0 unspecified atom stereocenters. The van der Waals surface area contributed by atoms with Gasteiger partial charge in [-0.05, 0) is 6.07 Å². The molecule has 0 spiro atoms. The zero-order valence-electron chi connectivity index (χ0n) is 8.64. The lowest BCUT2D eigenvalue weighted by Gasteiger charge is -2.09. The summed E-state index contributed by atoms with van der Waals surface area (Å²) in [5, 5.41) is 2.15. The lowest BCUT2D eigenvalue weighted by atomic mass is 10.1. The van der Waals surface area contributed by atoms with Crippen LogP contribution < -0.4 is 5.32 Å². The van der Waals surface area contributed by atoms with Gasteiger partial charge in [-0.3, -0.25) is 4.79 Å². The van der Waals surface area contributed by atoms with Crippen LogP contribution in [0.25, 0.3) is 0 Å². The number of anilines is 1. The molecule has 86 valence electrons. The van der Waals surface area contributed by atoms with Crippen LogP contribution in [0.5, 0.6) is 0 Å². The number of carbonyl (C=O) groups is 2. The maximum atomic E-state index is 13.3. The van der Waals surface area contributed by atoms with Crippen LogP contribution >= 0.6 is 0 Å². The van der Waals surface area contributed by atoms with Gasteiger partial charge in [0.1, 0.15) is 17.2 Å². The van der Waals surface area contributed by atoms with Gasteiger partial charge in [-0.25, -0.2) is 13.6 Å². The Hall–Kier alpha value is -1.98. The third kappa shape index (κ3) is 2.53. The Bertz CT molecular complexity index is 446. The van der Waals surface area contributed by atoms with Crippen molar-refractivity contribution in [3.63, 3.8) is 0 Å². The van der Waals surface area contributed by atoms with Gasteiger partial charge >= 0.3 is 5.97 Å². The Morgan fingerprint density at radius 1 is 1.31 bits per heavy atom. The molecule has 0 bridgehead atoms. The number of halogens is 2. The molecule has 6 heteroatoms. The predicted molar refractivity (Wildman–Crippen MR) is 52.0 cm³/mol. The molecule has 0 aromatic heterocycles. The molecular weight excluding hydrogens is 220 g/mol. The Labute approximate surface area is 90.2 Å². The highest BCUT2D eigenvalue weighted by Crippen LogP contribution is 2.21. The summed E-state index contributed by atoms with van der Waals surface area (Å²) < 4.78 is 30.5. The molecule has 0 aliphatic rings. The van der Waals surface area contributed by atoms with E-state index < -0.39 is 29.1 Å². The van der Waals surface area contributed by atoms with Gasteiger partial charge in [0, 0.05) is 13.0 Å². The molecule has 1 N–H and O–H groups in total. The number of hydrogen-bond donors (Lipinski definition) is 1. The van der Waals surface area contributed by atoms with Crippen molar-refractivity contribution in [1.82, 2.24) is 0 Å². The van der Waals surface area contributed by atoms with Crippen LogP contribution in [-0.2, 0) is 9.53 Å². The van der Waals surface area contributed by atoms with E-state index >= 15 is 0 Å².